The van der Waals surface area contributed by atoms with Gasteiger partial charge >= 0.3 is 0 Å². The highest BCUT2D eigenvalue weighted by molar-refractivity contribution is 7.10. The van der Waals surface area contributed by atoms with Gasteiger partial charge in [-0.25, -0.2) is 0 Å². The number of morpholine rings is 1. The molecule has 2 fully saturated rings. The summed E-state index contributed by atoms with van der Waals surface area (Å²) in [6, 6.07) is 4.58. The maximum Gasteiger partial charge on any atom is 0.222 e. The highest BCUT2D eigenvalue weighted by Crippen LogP contribution is 2.28. The number of carbonyl (C=O) groups excluding carboxylic acids is 1. The van der Waals surface area contributed by atoms with Crippen LogP contribution >= 0.6 is 36.2 Å². The van der Waals surface area contributed by atoms with E-state index in [0.717, 1.165) is 45.9 Å². The highest BCUT2D eigenvalue weighted by atomic mass is 35.5. The van der Waals surface area contributed by atoms with Crippen LogP contribution in [0.15, 0.2) is 17.5 Å². The summed E-state index contributed by atoms with van der Waals surface area (Å²) in [4.78, 5) is 18.6. The van der Waals surface area contributed by atoms with Crippen molar-refractivity contribution >= 4 is 42.1 Å². The van der Waals surface area contributed by atoms with E-state index in [4.69, 9.17) is 4.74 Å². The van der Waals surface area contributed by atoms with E-state index < -0.39 is 0 Å². The van der Waals surface area contributed by atoms with Crippen LogP contribution in [0.3, 0.4) is 0 Å². The number of rotatable bonds is 7. The third-order valence-electron chi connectivity index (χ3n) is 5.87. The number of ether oxygens (including phenoxy) is 1. The number of likely N-dealkylation sites (N-methyl/N-ethyl adjacent to an activating group) is 1. The van der Waals surface area contributed by atoms with Crippen molar-refractivity contribution in [2.24, 2.45) is 11.8 Å². The Morgan fingerprint density at radius 3 is 2.75 bits per heavy atom. The lowest BCUT2D eigenvalue weighted by Crippen LogP contribution is -2.44. The van der Waals surface area contributed by atoms with E-state index in [1.165, 1.54) is 17.7 Å². The Labute approximate surface area is 186 Å². The van der Waals surface area contributed by atoms with Crippen molar-refractivity contribution < 1.29 is 9.53 Å². The second-order valence-electron chi connectivity index (χ2n) is 7.74. The van der Waals surface area contributed by atoms with Gasteiger partial charge in [-0.15, -0.1) is 36.2 Å². The molecule has 2 aliphatic rings. The van der Waals surface area contributed by atoms with Crippen LogP contribution in [-0.2, 0) is 9.53 Å². The lowest BCUT2D eigenvalue weighted by molar-refractivity contribution is -0.132. The molecular weight excluding hydrogens is 417 g/mol. The molecule has 0 aromatic carbocycles. The van der Waals surface area contributed by atoms with E-state index in [1.807, 2.05) is 11.9 Å². The summed E-state index contributed by atoms with van der Waals surface area (Å²) in [5.74, 6) is 1.35. The molecule has 3 unspecified atom stereocenters. The monoisotopic (exact) mass is 451 g/mol. The summed E-state index contributed by atoms with van der Waals surface area (Å²) in [7, 11) is 1.97. The average Bonchev–Trinajstić information content (AvgIpc) is 3.21. The van der Waals surface area contributed by atoms with Crippen LogP contribution in [0.4, 0.5) is 0 Å². The Morgan fingerprint density at radius 1 is 1.39 bits per heavy atom. The van der Waals surface area contributed by atoms with E-state index in [9.17, 15) is 4.79 Å². The first-order valence-corrected chi connectivity index (χ1v) is 10.8. The predicted octanol–water partition coefficient (Wildman–Crippen LogP) is 3.45. The molecule has 5 nitrogen and oxygen atoms in total. The SMILES string of the molecule is CC(CC(=O)N(C)CC(c1cccs1)N1CCOCC1)C1CCCNC1.Cl.Cl. The van der Waals surface area contributed by atoms with Crippen molar-refractivity contribution in [2.45, 2.75) is 32.2 Å². The molecule has 0 bridgehead atoms. The standard InChI is InChI=1S/C20H33N3O2S.2ClH/c1-16(17-5-3-7-21-14-17)13-20(24)22(2)15-18(19-6-4-12-26-19)23-8-10-25-11-9-23;;/h4,6,12,16-18,21H,3,5,7-11,13-15H2,1-2H3;2*1H. The maximum atomic E-state index is 12.8. The fourth-order valence-electron chi connectivity index (χ4n) is 4.08. The molecule has 3 atom stereocenters. The first kappa shape index (κ1) is 25.7. The smallest absolute Gasteiger partial charge is 0.222 e. The molecule has 0 aliphatic carbocycles. The Bertz CT molecular complexity index is 550. The van der Waals surface area contributed by atoms with Gasteiger partial charge in [0.15, 0.2) is 0 Å². The normalized spacial score (nSPS) is 22.4. The number of hydrogen-bond donors (Lipinski definition) is 1. The zero-order chi connectivity index (χ0) is 18.4. The van der Waals surface area contributed by atoms with Gasteiger partial charge < -0.3 is 15.0 Å². The number of hydrogen-bond acceptors (Lipinski definition) is 5. The molecular formula is C20H35Cl2N3O2S. The Kier molecular flexibility index (Phi) is 12.0. The molecule has 1 aromatic rings. The van der Waals surface area contributed by atoms with Crippen LogP contribution in [0.5, 0.6) is 0 Å². The fraction of sp³-hybridized carbons (Fsp3) is 0.750. The van der Waals surface area contributed by atoms with Crippen molar-refractivity contribution in [2.75, 3.05) is 53.0 Å². The largest absolute Gasteiger partial charge is 0.379 e. The van der Waals surface area contributed by atoms with Gasteiger partial charge in [0.1, 0.15) is 0 Å². The molecule has 2 aliphatic heterocycles. The number of piperidine rings is 1. The minimum Gasteiger partial charge on any atom is -0.379 e. The molecule has 1 amide bonds. The van der Waals surface area contributed by atoms with Gasteiger partial charge in [0.2, 0.25) is 5.91 Å². The Morgan fingerprint density at radius 2 is 2.14 bits per heavy atom. The predicted molar refractivity (Wildman–Crippen MR) is 121 cm³/mol. The van der Waals surface area contributed by atoms with E-state index in [2.05, 4.69) is 34.7 Å². The fourth-order valence-corrected chi connectivity index (χ4v) is 4.93. The zero-order valence-electron chi connectivity index (χ0n) is 17.0. The quantitative estimate of drug-likeness (QED) is 0.689. The van der Waals surface area contributed by atoms with Crippen LogP contribution in [0.1, 0.15) is 37.1 Å². The molecule has 3 rings (SSSR count). The topological polar surface area (TPSA) is 44.8 Å². The summed E-state index contributed by atoms with van der Waals surface area (Å²) < 4.78 is 5.51. The lowest BCUT2D eigenvalue weighted by Gasteiger charge is -2.36. The van der Waals surface area contributed by atoms with Crippen LogP contribution < -0.4 is 5.32 Å². The van der Waals surface area contributed by atoms with Crippen molar-refractivity contribution in [3.05, 3.63) is 22.4 Å². The van der Waals surface area contributed by atoms with E-state index in [1.54, 1.807) is 11.3 Å². The van der Waals surface area contributed by atoms with Crippen LogP contribution in [0.2, 0.25) is 0 Å². The highest BCUT2D eigenvalue weighted by Gasteiger charge is 2.28. The van der Waals surface area contributed by atoms with Gasteiger partial charge in [0.25, 0.3) is 0 Å². The number of nitrogens with zero attached hydrogens (tertiary/aromatic N) is 2. The second-order valence-corrected chi connectivity index (χ2v) is 8.72. The van der Waals surface area contributed by atoms with Crippen LogP contribution in [0.25, 0.3) is 0 Å². The molecule has 1 aromatic heterocycles. The number of halogens is 2. The first-order chi connectivity index (χ1) is 12.6. The molecule has 8 heteroatoms. The molecule has 0 radical (unpaired) electrons. The summed E-state index contributed by atoms with van der Waals surface area (Å²) >= 11 is 1.79. The Hall–Kier alpha value is -0.370. The Balaban J connectivity index is 0.00000196. The van der Waals surface area contributed by atoms with E-state index >= 15 is 0 Å². The minimum absolute atomic E-state index is 0. The molecule has 1 N–H and O–H groups in total. The molecule has 28 heavy (non-hydrogen) atoms. The van der Waals surface area contributed by atoms with Crippen molar-refractivity contribution in [1.82, 2.24) is 15.1 Å². The van der Waals surface area contributed by atoms with E-state index in [-0.39, 0.29) is 36.8 Å². The molecule has 0 spiro atoms. The summed E-state index contributed by atoms with van der Waals surface area (Å²) in [6.45, 7) is 8.62. The molecule has 162 valence electrons. The van der Waals surface area contributed by atoms with Gasteiger partial charge in [0.05, 0.1) is 19.3 Å². The minimum atomic E-state index is 0. The van der Waals surface area contributed by atoms with Crippen molar-refractivity contribution in [1.29, 1.82) is 0 Å². The molecule has 0 saturated carbocycles. The number of amides is 1. The van der Waals surface area contributed by atoms with Gasteiger partial charge in [0, 0.05) is 38.0 Å². The lowest BCUT2D eigenvalue weighted by atomic mass is 9.85. The number of nitrogens with one attached hydrogen (secondary N) is 1. The van der Waals surface area contributed by atoms with Crippen LogP contribution in [-0.4, -0.2) is 68.7 Å². The number of thiophene rings is 1. The van der Waals surface area contributed by atoms with Gasteiger partial charge in [-0.2, -0.15) is 0 Å². The van der Waals surface area contributed by atoms with Gasteiger partial charge in [-0.3, -0.25) is 9.69 Å². The maximum absolute atomic E-state index is 12.8. The number of carbonyl (C=O) groups is 1. The van der Waals surface area contributed by atoms with Crippen LogP contribution in [0, 0.1) is 11.8 Å². The summed E-state index contributed by atoms with van der Waals surface area (Å²) in [5.41, 5.74) is 0. The third-order valence-corrected chi connectivity index (χ3v) is 6.84. The average molecular weight is 452 g/mol. The summed E-state index contributed by atoms with van der Waals surface area (Å²) in [6.07, 6.45) is 3.14. The summed E-state index contributed by atoms with van der Waals surface area (Å²) in [5, 5.41) is 5.60. The molecule has 3 heterocycles. The van der Waals surface area contributed by atoms with Crippen molar-refractivity contribution in [3.8, 4) is 0 Å². The third kappa shape index (κ3) is 7.15. The molecule has 2 saturated heterocycles. The van der Waals surface area contributed by atoms with Gasteiger partial charge in [-0.1, -0.05) is 13.0 Å². The van der Waals surface area contributed by atoms with E-state index in [0.29, 0.717) is 18.3 Å². The van der Waals surface area contributed by atoms with Gasteiger partial charge in [-0.05, 0) is 49.2 Å². The zero-order valence-corrected chi connectivity index (χ0v) is 19.4. The first-order valence-electron chi connectivity index (χ1n) is 9.95. The second kappa shape index (κ2) is 13.0. The van der Waals surface area contributed by atoms with Crippen molar-refractivity contribution in [3.63, 3.8) is 0 Å².